The van der Waals surface area contributed by atoms with E-state index in [0.717, 1.165) is 0 Å². The Hall–Kier alpha value is -1.68. The molecule has 5 heteroatoms. The Bertz CT molecular complexity index is 415. The molecule has 0 saturated carbocycles. The van der Waals surface area contributed by atoms with Crippen LogP contribution in [0.3, 0.4) is 0 Å². The smallest absolute Gasteiger partial charge is 0.335 e. The van der Waals surface area contributed by atoms with E-state index in [-0.39, 0.29) is 22.9 Å². The highest BCUT2D eigenvalue weighted by atomic mass is 35.5. The number of rotatable bonds is 5. The molecule has 0 atom stereocenters. The van der Waals surface area contributed by atoms with Crippen molar-refractivity contribution in [3.8, 4) is 11.5 Å². The van der Waals surface area contributed by atoms with Gasteiger partial charge in [0.2, 0.25) is 0 Å². The third-order valence-corrected chi connectivity index (χ3v) is 2.10. The molecule has 1 aromatic carbocycles. The monoisotopic (exact) mass is 242 g/mol. The van der Waals surface area contributed by atoms with Crippen molar-refractivity contribution in [3.63, 3.8) is 0 Å². The summed E-state index contributed by atoms with van der Waals surface area (Å²) in [6, 6.07) is 2.66. The number of aromatic carboxylic acids is 1. The molecule has 1 rings (SSSR count). The molecule has 1 aromatic rings. The molecule has 0 unspecified atom stereocenters. The molecule has 4 nitrogen and oxygen atoms in total. The summed E-state index contributed by atoms with van der Waals surface area (Å²) in [4.78, 5) is 10.8. The molecule has 0 aliphatic carbocycles. The normalized spacial score (nSPS) is 9.62. The lowest BCUT2D eigenvalue weighted by molar-refractivity contribution is 0.0696. The minimum atomic E-state index is -1.07. The highest BCUT2D eigenvalue weighted by Gasteiger charge is 2.14. The second-order valence-corrected chi connectivity index (χ2v) is 3.30. The van der Waals surface area contributed by atoms with Crippen molar-refractivity contribution in [2.75, 3.05) is 13.7 Å². The fraction of sp³-hybridized carbons (Fsp3) is 0.182. The van der Waals surface area contributed by atoms with Gasteiger partial charge in [-0.3, -0.25) is 0 Å². The minimum absolute atomic E-state index is 0.0489. The zero-order chi connectivity index (χ0) is 12.1. The number of halogens is 1. The largest absolute Gasteiger partial charge is 0.493 e. The molecule has 0 aliphatic heterocycles. The molecule has 0 amide bonds. The average molecular weight is 243 g/mol. The lowest BCUT2D eigenvalue weighted by Gasteiger charge is -2.11. The molecular weight excluding hydrogens is 232 g/mol. The Morgan fingerprint density at radius 3 is 2.81 bits per heavy atom. The highest BCUT2D eigenvalue weighted by molar-refractivity contribution is 6.32. The highest BCUT2D eigenvalue weighted by Crippen LogP contribution is 2.36. The zero-order valence-corrected chi connectivity index (χ0v) is 9.45. The van der Waals surface area contributed by atoms with Crippen molar-refractivity contribution in [2.45, 2.75) is 0 Å². The number of hydrogen-bond donors (Lipinski definition) is 1. The second-order valence-electron chi connectivity index (χ2n) is 2.89. The van der Waals surface area contributed by atoms with E-state index in [9.17, 15) is 4.79 Å². The van der Waals surface area contributed by atoms with Crippen LogP contribution in [0.5, 0.6) is 11.5 Å². The number of carboxylic acids is 1. The summed E-state index contributed by atoms with van der Waals surface area (Å²) >= 11 is 5.89. The summed E-state index contributed by atoms with van der Waals surface area (Å²) in [6.07, 6.45) is 1.56. The number of methoxy groups -OCH3 is 1. The van der Waals surface area contributed by atoms with Crippen LogP contribution in [0.4, 0.5) is 0 Å². The molecule has 1 N–H and O–H groups in total. The van der Waals surface area contributed by atoms with Crippen LogP contribution in [-0.2, 0) is 0 Å². The number of hydrogen-bond acceptors (Lipinski definition) is 3. The van der Waals surface area contributed by atoms with E-state index in [1.807, 2.05) is 0 Å². The van der Waals surface area contributed by atoms with Gasteiger partial charge in [-0.05, 0) is 12.1 Å². The van der Waals surface area contributed by atoms with Gasteiger partial charge in [0.25, 0.3) is 0 Å². The van der Waals surface area contributed by atoms with E-state index in [1.165, 1.54) is 19.2 Å². The van der Waals surface area contributed by atoms with Gasteiger partial charge in [0.15, 0.2) is 11.5 Å². The SMILES string of the molecule is C=CCOc1c(Cl)cc(C(=O)O)cc1OC. The van der Waals surface area contributed by atoms with Crippen molar-refractivity contribution in [1.82, 2.24) is 0 Å². The van der Waals surface area contributed by atoms with Gasteiger partial charge in [0.05, 0.1) is 17.7 Å². The fourth-order valence-corrected chi connectivity index (χ4v) is 1.39. The molecule has 0 fully saturated rings. The van der Waals surface area contributed by atoms with Crippen molar-refractivity contribution in [3.05, 3.63) is 35.4 Å². The summed E-state index contributed by atoms with van der Waals surface area (Å²) < 4.78 is 10.3. The number of carbonyl (C=O) groups is 1. The first-order valence-corrected chi connectivity index (χ1v) is 4.82. The van der Waals surface area contributed by atoms with Crippen LogP contribution < -0.4 is 9.47 Å². The third-order valence-electron chi connectivity index (χ3n) is 1.82. The molecule has 16 heavy (non-hydrogen) atoms. The van der Waals surface area contributed by atoms with Crippen molar-refractivity contribution < 1.29 is 19.4 Å². The van der Waals surface area contributed by atoms with Crippen molar-refractivity contribution in [1.29, 1.82) is 0 Å². The summed E-state index contributed by atoms with van der Waals surface area (Å²) in [6.45, 7) is 3.77. The van der Waals surface area contributed by atoms with Crippen LogP contribution in [0.25, 0.3) is 0 Å². The summed E-state index contributed by atoms with van der Waals surface area (Å²) in [5, 5.41) is 9.02. The Balaban J connectivity index is 3.17. The van der Waals surface area contributed by atoms with E-state index in [1.54, 1.807) is 6.08 Å². The van der Waals surface area contributed by atoms with Crippen molar-refractivity contribution >= 4 is 17.6 Å². The Morgan fingerprint density at radius 1 is 1.62 bits per heavy atom. The first kappa shape index (κ1) is 12.4. The van der Waals surface area contributed by atoms with E-state index in [2.05, 4.69) is 6.58 Å². The lowest BCUT2D eigenvalue weighted by atomic mass is 10.2. The summed E-state index contributed by atoms with van der Waals surface area (Å²) in [5.74, 6) is -0.476. The molecule has 0 radical (unpaired) electrons. The maximum atomic E-state index is 10.8. The van der Waals surface area contributed by atoms with Crippen LogP contribution in [0.2, 0.25) is 5.02 Å². The van der Waals surface area contributed by atoms with Gasteiger partial charge >= 0.3 is 5.97 Å². The van der Waals surface area contributed by atoms with E-state index >= 15 is 0 Å². The van der Waals surface area contributed by atoms with Crippen LogP contribution >= 0.6 is 11.6 Å². The molecule has 86 valence electrons. The quantitative estimate of drug-likeness (QED) is 0.807. The number of carboxylic acid groups (broad SMARTS) is 1. The molecular formula is C11H11ClO4. The van der Waals surface area contributed by atoms with Gasteiger partial charge in [0, 0.05) is 0 Å². The van der Waals surface area contributed by atoms with Gasteiger partial charge in [-0.15, -0.1) is 0 Å². The standard InChI is InChI=1S/C11H11ClO4/c1-3-4-16-10-8(12)5-7(11(13)14)6-9(10)15-2/h3,5-6H,1,4H2,2H3,(H,13,14). The van der Waals surface area contributed by atoms with Gasteiger partial charge in [-0.2, -0.15) is 0 Å². The maximum absolute atomic E-state index is 10.8. The van der Waals surface area contributed by atoms with Crippen LogP contribution in [-0.4, -0.2) is 24.8 Å². The minimum Gasteiger partial charge on any atom is -0.493 e. The Labute approximate surface area is 98.1 Å². The number of benzene rings is 1. The first-order chi connectivity index (χ1) is 7.60. The molecule has 0 aliphatic rings. The zero-order valence-electron chi connectivity index (χ0n) is 8.70. The molecule has 0 bridgehead atoms. The van der Waals surface area contributed by atoms with Crippen LogP contribution in [0.1, 0.15) is 10.4 Å². The maximum Gasteiger partial charge on any atom is 0.335 e. The molecule has 0 spiro atoms. The van der Waals surface area contributed by atoms with Crippen molar-refractivity contribution in [2.24, 2.45) is 0 Å². The first-order valence-electron chi connectivity index (χ1n) is 4.44. The average Bonchev–Trinajstić information content (AvgIpc) is 2.26. The Kier molecular flexibility index (Phi) is 4.19. The second kappa shape index (κ2) is 5.42. The van der Waals surface area contributed by atoms with Gasteiger partial charge < -0.3 is 14.6 Å². The molecule has 0 saturated heterocycles. The third kappa shape index (κ3) is 2.67. The predicted molar refractivity (Wildman–Crippen MR) is 60.7 cm³/mol. The van der Waals surface area contributed by atoms with Gasteiger partial charge in [-0.1, -0.05) is 24.3 Å². The topological polar surface area (TPSA) is 55.8 Å². The van der Waals surface area contributed by atoms with Gasteiger partial charge in [0.1, 0.15) is 6.61 Å². The van der Waals surface area contributed by atoms with E-state index in [4.69, 9.17) is 26.2 Å². The van der Waals surface area contributed by atoms with Crippen LogP contribution in [0.15, 0.2) is 24.8 Å². The van der Waals surface area contributed by atoms with E-state index < -0.39 is 5.97 Å². The Morgan fingerprint density at radius 2 is 2.31 bits per heavy atom. The van der Waals surface area contributed by atoms with Crippen LogP contribution in [0, 0.1) is 0 Å². The molecule has 0 heterocycles. The number of ether oxygens (including phenoxy) is 2. The fourth-order valence-electron chi connectivity index (χ4n) is 1.13. The lowest BCUT2D eigenvalue weighted by Crippen LogP contribution is -2.01. The predicted octanol–water partition coefficient (Wildman–Crippen LogP) is 2.61. The van der Waals surface area contributed by atoms with E-state index in [0.29, 0.717) is 5.75 Å². The van der Waals surface area contributed by atoms with Gasteiger partial charge in [-0.25, -0.2) is 4.79 Å². The summed E-state index contributed by atoms with van der Waals surface area (Å²) in [7, 11) is 1.41. The molecule has 0 aromatic heterocycles. The summed E-state index contributed by atoms with van der Waals surface area (Å²) in [5.41, 5.74) is 0.0489.